The van der Waals surface area contributed by atoms with Crippen LogP contribution in [-0.2, 0) is 4.79 Å². The van der Waals surface area contributed by atoms with Crippen molar-refractivity contribution in [1.82, 2.24) is 0 Å². The zero-order valence-electron chi connectivity index (χ0n) is 16.4. The molecule has 0 aromatic heterocycles. The molecule has 0 amide bonds. The number of nitrogens with zero attached hydrogens (tertiary/aromatic N) is 1. The molecule has 4 aromatic carbocycles. The van der Waals surface area contributed by atoms with Crippen LogP contribution in [0.5, 0.6) is 5.75 Å². The second kappa shape index (κ2) is 9.39. The van der Waals surface area contributed by atoms with Crippen molar-refractivity contribution in [3.63, 3.8) is 0 Å². The SMILES string of the molecule is O=C(/C=C/c1ccccc1)Oc1ccc(N(c2ccccc2)c2ccccc2)cc1. The predicted molar refractivity (Wildman–Crippen MR) is 122 cm³/mol. The van der Waals surface area contributed by atoms with E-state index < -0.39 is 5.97 Å². The number of carbonyl (C=O) groups is 1. The number of rotatable bonds is 6. The first kappa shape index (κ1) is 19.2. The van der Waals surface area contributed by atoms with E-state index in [2.05, 4.69) is 29.2 Å². The smallest absolute Gasteiger partial charge is 0.336 e. The minimum absolute atomic E-state index is 0.408. The van der Waals surface area contributed by atoms with Crippen LogP contribution in [0.1, 0.15) is 5.56 Å². The van der Waals surface area contributed by atoms with Crippen LogP contribution in [0, 0.1) is 0 Å². The lowest BCUT2D eigenvalue weighted by atomic mass is 10.2. The molecule has 0 spiro atoms. The molecular weight excluding hydrogens is 370 g/mol. The Morgan fingerprint density at radius 2 is 1.07 bits per heavy atom. The summed E-state index contributed by atoms with van der Waals surface area (Å²) >= 11 is 0. The van der Waals surface area contributed by atoms with Crippen molar-refractivity contribution in [3.05, 3.63) is 127 Å². The maximum Gasteiger partial charge on any atom is 0.336 e. The maximum absolute atomic E-state index is 12.1. The Morgan fingerprint density at radius 1 is 0.600 bits per heavy atom. The third kappa shape index (κ3) is 4.83. The molecule has 30 heavy (non-hydrogen) atoms. The fraction of sp³-hybridized carbons (Fsp3) is 0. The molecule has 0 aliphatic heterocycles. The minimum Gasteiger partial charge on any atom is -0.423 e. The third-order valence-corrected chi connectivity index (χ3v) is 4.55. The van der Waals surface area contributed by atoms with Crippen LogP contribution in [0.15, 0.2) is 121 Å². The van der Waals surface area contributed by atoms with Gasteiger partial charge in [-0.3, -0.25) is 0 Å². The number of benzene rings is 4. The Labute approximate surface area is 176 Å². The molecule has 0 aliphatic rings. The fourth-order valence-electron chi connectivity index (χ4n) is 3.14. The lowest BCUT2D eigenvalue weighted by Crippen LogP contribution is -2.10. The summed E-state index contributed by atoms with van der Waals surface area (Å²) in [5, 5.41) is 0. The van der Waals surface area contributed by atoms with Crippen LogP contribution in [0.3, 0.4) is 0 Å². The lowest BCUT2D eigenvalue weighted by molar-refractivity contribution is -0.128. The Kier molecular flexibility index (Phi) is 6.02. The van der Waals surface area contributed by atoms with Gasteiger partial charge in [0.15, 0.2) is 0 Å². The van der Waals surface area contributed by atoms with E-state index in [4.69, 9.17) is 4.74 Å². The lowest BCUT2D eigenvalue weighted by Gasteiger charge is -2.25. The molecular formula is C27H21NO2. The van der Waals surface area contributed by atoms with E-state index in [0.29, 0.717) is 5.75 Å². The Morgan fingerprint density at radius 3 is 1.60 bits per heavy atom. The van der Waals surface area contributed by atoms with Gasteiger partial charge in [0.2, 0.25) is 0 Å². The van der Waals surface area contributed by atoms with Gasteiger partial charge in [-0.1, -0.05) is 66.7 Å². The van der Waals surface area contributed by atoms with Gasteiger partial charge in [0.1, 0.15) is 5.75 Å². The zero-order valence-corrected chi connectivity index (χ0v) is 16.4. The highest BCUT2D eigenvalue weighted by molar-refractivity contribution is 5.88. The number of hydrogen-bond acceptors (Lipinski definition) is 3. The second-order valence-electron chi connectivity index (χ2n) is 6.67. The summed E-state index contributed by atoms with van der Waals surface area (Å²) in [5.74, 6) is 0.0945. The number of hydrogen-bond donors (Lipinski definition) is 0. The van der Waals surface area contributed by atoms with Crippen LogP contribution in [-0.4, -0.2) is 5.97 Å². The van der Waals surface area contributed by atoms with Gasteiger partial charge < -0.3 is 9.64 Å². The van der Waals surface area contributed by atoms with Gasteiger partial charge in [0, 0.05) is 23.1 Å². The quantitative estimate of drug-likeness (QED) is 0.206. The van der Waals surface area contributed by atoms with Crippen molar-refractivity contribution in [2.75, 3.05) is 4.90 Å². The molecule has 0 saturated heterocycles. The molecule has 0 aliphatic carbocycles. The van der Waals surface area contributed by atoms with E-state index in [1.165, 1.54) is 6.08 Å². The van der Waals surface area contributed by atoms with Crippen molar-refractivity contribution in [2.45, 2.75) is 0 Å². The molecule has 0 atom stereocenters. The third-order valence-electron chi connectivity index (χ3n) is 4.55. The van der Waals surface area contributed by atoms with Crippen molar-refractivity contribution >= 4 is 29.1 Å². The highest BCUT2D eigenvalue weighted by atomic mass is 16.5. The van der Waals surface area contributed by atoms with Crippen LogP contribution in [0.4, 0.5) is 17.1 Å². The summed E-state index contributed by atoms with van der Waals surface area (Å²) in [6, 6.07) is 37.5. The topological polar surface area (TPSA) is 29.5 Å². The number of carbonyl (C=O) groups excluding carboxylic acids is 1. The van der Waals surface area contributed by atoms with Crippen molar-refractivity contribution in [2.24, 2.45) is 0 Å². The van der Waals surface area contributed by atoms with Gasteiger partial charge in [0.25, 0.3) is 0 Å². The predicted octanol–water partition coefficient (Wildman–Crippen LogP) is 6.78. The maximum atomic E-state index is 12.1. The first-order valence-electron chi connectivity index (χ1n) is 9.75. The van der Waals surface area contributed by atoms with E-state index in [-0.39, 0.29) is 0 Å². The molecule has 146 valence electrons. The fourth-order valence-corrected chi connectivity index (χ4v) is 3.14. The van der Waals surface area contributed by atoms with Gasteiger partial charge in [-0.15, -0.1) is 0 Å². The summed E-state index contributed by atoms with van der Waals surface area (Å²) < 4.78 is 5.44. The zero-order chi connectivity index (χ0) is 20.6. The molecule has 0 saturated carbocycles. The van der Waals surface area contributed by atoms with E-state index in [0.717, 1.165) is 22.6 Å². The van der Waals surface area contributed by atoms with E-state index in [9.17, 15) is 4.79 Å². The number of anilines is 3. The van der Waals surface area contributed by atoms with E-state index in [1.807, 2.05) is 91.0 Å². The van der Waals surface area contributed by atoms with E-state index >= 15 is 0 Å². The van der Waals surface area contributed by atoms with Gasteiger partial charge >= 0.3 is 5.97 Å². The van der Waals surface area contributed by atoms with Crippen LogP contribution in [0.2, 0.25) is 0 Å². The summed E-state index contributed by atoms with van der Waals surface area (Å²) in [4.78, 5) is 14.3. The first-order valence-corrected chi connectivity index (χ1v) is 9.75. The average Bonchev–Trinajstić information content (AvgIpc) is 2.81. The molecule has 3 heteroatoms. The summed E-state index contributed by atoms with van der Waals surface area (Å²) in [5.41, 5.74) is 4.04. The Balaban J connectivity index is 1.52. The standard InChI is InChI=1S/C27H21NO2/c29-27(21-16-22-10-4-1-5-11-22)30-26-19-17-25(18-20-26)28(23-12-6-2-7-13-23)24-14-8-3-9-15-24/h1-21H/b21-16+. The molecule has 0 bridgehead atoms. The Hall–Kier alpha value is -4.11. The number of para-hydroxylation sites is 2. The molecule has 3 nitrogen and oxygen atoms in total. The normalized spacial score (nSPS) is 10.7. The van der Waals surface area contributed by atoms with Crippen molar-refractivity contribution in [1.29, 1.82) is 0 Å². The van der Waals surface area contributed by atoms with Crippen molar-refractivity contribution < 1.29 is 9.53 Å². The Bertz CT molecular complexity index is 1070. The van der Waals surface area contributed by atoms with Crippen LogP contribution < -0.4 is 9.64 Å². The minimum atomic E-state index is -0.408. The highest BCUT2D eigenvalue weighted by Crippen LogP contribution is 2.34. The summed E-state index contributed by atoms with van der Waals surface area (Å²) in [6.07, 6.45) is 3.17. The van der Waals surface area contributed by atoms with Crippen LogP contribution >= 0.6 is 0 Å². The van der Waals surface area contributed by atoms with Gasteiger partial charge in [-0.2, -0.15) is 0 Å². The molecule has 0 fully saturated rings. The highest BCUT2D eigenvalue weighted by Gasteiger charge is 2.12. The summed E-state index contributed by atoms with van der Waals surface area (Å²) in [7, 11) is 0. The van der Waals surface area contributed by atoms with Gasteiger partial charge in [-0.25, -0.2) is 4.79 Å². The van der Waals surface area contributed by atoms with E-state index in [1.54, 1.807) is 6.08 Å². The van der Waals surface area contributed by atoms with Gasteiger partial charge in [0.05, 0.1) is 0 Å². The monoisotopic (exact) mass is 391 g/mol. The molecule has 0 heterocycles. The second-order valence-corrected chi connectivity index (χ2v) is 6.67. The number of ether oxygens (including phenoxy) is 1. The molecule has 4 aromatic rings. The average molecular weight is 391 g/mol. The largest absolute Gasteiger partial charge is 0.423 e. The first-order chi connectivity index (χ1) is 14.8. The molecule has 0 N–H and O–H groups in total. The van der Waals surface area contributed by atoms with Crippen LogP contribution in [0.25, 0.3) is 6.08 Å². The molecule has 4 rings (SSSR count). The van der Waals surface area contributed by atoms with Gasteiger partial charge in [-0.05, 0) is 60.2 Å². The molecule has 0 radical (unpaired) electrons. The van der Waals surface area contributed by atoms with Crippen molar-refractivity contribution in [3.8, 4) is 5.75 Å². The summed E-state index contributed by atoms with van der Waals surface area (Å²) in [6.45, 7) is 0. The molecule has 0 unspecified atom stereocenters. The number of esters is 1.